The lowest BCUT2D eigenvalue weighted by atomic mass is 9.77. The topological polar surface area (TPSA) is 26.0 Å². The SMILES string of the molecule is C#CC(C)(N)C1CCCCC1. The average Bonchev–Trinajstić information content (AvgIpc) is 2.06. The van der Waals surface area contributed by atoms with Crippen molar-refractivity contribution in [2.45, 2.75) is 44.6 Å². The summed E-state index contributed by atoms with van der Waals surface area (Å²) in [5.41, 5.74) is 5.59. The van der Waals surface area contributed by atoms with Crippen molar-refractivity contribution < 1.29 is 0 Å². The van der Waals surface area contributed by atoms with E-state index in [1.54, 1.807) is 0 Å². The Balaban J connectivity index is 2.52. The highest BCUT2D eigenvalue weighted by Crippen LogP contribution is 2.30. The molecule has 0 radical (unpaired) electrons. The smallest absolute Gasteiger partial charge is 0.0773 e. The van der Waals surface area contributed by atoms with E-state index >= 15 is 0 Å². The second-order valence-electron chi connectivity index (χ2n) is 3.76. The van der Waals surface area contributed by atoms with Crippen molar-refractivity contribution in [3.8, 4) is 12.3 Å². The Morgan fingerprint density at radius 2 is 1.91 bits per heavy atom. The van der Waals surface area contributed by atoms with Crippen LogP contribution in [-0.2, 0) is 0 Å². The van der Waals surface area contributed by atoms with Gasteiger partial charge < -0.3 is 5.73 Å². The van der Waals surface area contributed by atoms with Crippen LogP contribution in [0.1, 0.15) is 39.0 Å². The van der Waals surface area contributed by atoms with Crippen LogP contribution in [0.3, 0.4) is 0 Å². The molecule has 0 heterocycles. The van der Waals surface area contributed by atoms with Gasteiger partial charge in [-0.1, -0.05) is 25.2 Å². The molecule has 62 valence electrons. The Bertz CT molecular complexity index is 158. The molecular weight excluding hydrogens is 134 g/mol. The van der Waals surface area contributed by atoms with E-state index in [9.17, 15) is 0 Å². The van der Waals surface area contributed by atoms with Crippen molar-refractivity contribution in [3.05, 3.63) is 0 Å². The van der Waals surface area contributed by atoms with Crippen LogP contribution in [0.15, 0.2) is 0 Å². The molecule has 0 amide bonds. The van der Waals surface area contributed by atoms with E-state index < -0.39 is 0 Å². The molecule has 2 N–H and O–H groups in total. The van der Waals surface area contributed by atoms with Crippen LogP contribution >= 0.6 is 0 Å². The zero-order valence-corrected chi connectivity index (χ0v) is 7.27. The molecule has 11 heavy (non-hydrogen) atoms. The number of hydrogen-bond donors (Lipinski definition) is 1. The molecule has 1 heteroatoms. The van der Waals surface area contributed by atoms with Crippen molar-refractivity contribution in [1.29, 1.82) is 0 Å². The summed E-state index contributed by atoms with van der Waals surface area (Å²) in [5.74, 6) is 3.25. The summed E-state index contributed by atoms with van der Waals surface area (Å²) in [4.78, 5) is 0. The predicted molar refractivity (Wildman–Crippen MR) is 48.0 cm³/mol. The van der Waals surface area contributed by atoms with Gasteiger partial charge in [-0.15, -0.1) is 6.42 Å². The Morgan fingerprint density at radius 1 is 1.36 bits per heavy atom. The van der Waals surface area contributed by atoms with Gasteiger partial charge in [-0.2, -0.15) is 0 Å². The first-order valence-corrected chi connectivity index (χ1v) is 4.43. The lowest BCUT2D eigenvalue weighted by Gasteiger charge is -2.32. The number of hydrogen-bond acceptors (Lipinski definition) is 1. The first kappa shape index (κ1) is 8.62. The van der Waals surface area contributed by atoms with Gasteiger partial charge >= 0.3 is 0 Å². The fourth-order valence-corrected chi connectivity index (χ4v) is 1.82. The molecule has 0 spiro atoms. The normalized spacial score (nSPS) is 25.5. The van der Waals surface area contributed by atoms with Gasteiger partial charge in [-0.25, -0.2) is 0 Å². The van der Waals surface area contributed by atoms with E-state index in [0.29, 0.717) is 5.92 Å². The highest BCUT2D eigenvalue weighted by Gasteiger charge is 2.28. The van der Waals surface area contributed by atoms with Crippen LogP contribution in [0.25, 0.3) is 0 Å². The molecule has 1 aliphatic carbocycles. The zero-order chi connectivity index (χ0) is 8.32. The van der Waals surface area contributed by atoms with Crippen molar-refractivity contribution in [1.82, 2.24) is 0 Å². The molecule has 1 aliphatic rings. The highest BCUT2D eigenvalue weighted by atomic mass is 14.7. The van der Waals surface area contributed by atoms with Gasteiger partial charge in [0.15, 0.2) is 0 Å². The summed E-state index contributed by atoms with van der Waals surface area (Å²) in [5, 5.41) is 0. The summed E-state index contributed by atoms with van der Waals surface area (Å²) >= 11 is 0. The predicted octanol–water partition coefficient (Wildman–Crippen LogP) is 1.92. The summed E-state index contributed by atoms with van der Waals surface area (Å²) in [7, 11) is 0. The van der Waals surface area contributed by atoms with Gasteiger partial charge in [-0.3, -0.25) is 0 Å². The van der Waals surface area contributed by atoms with Gasteiger partial charge in [0.05, 0.1) is 5.54 Å². The van der Waals surface area contributed by atoms with Gasteiger partial charge in [0, 0.05) is 0 Å². The summed E-state index contributed by atoms with van der Waals surface area (Å²) < 4.78 is 0. The van der Waals surface area contributed by atoms with E-state index in [2.05, 4.69) is 5.92 Å². The Hall–Kier alpha value is -0.480. The summed E-state index contributed by atoms with van der Waals surface area (Å²) in [6.07, 6.45) is 11.8. The largest absolute Gasteiger partial charge is 0.315 e. The second kappa shape index (κ2) is 3.28. The molecule has 0 aromatic rings. The third kappa shape index (κ3) is 1.97. The van der Waals surface area contributed by atoms with Crippen LogP contribution < -0.4 is 5.73 Å². The van der Waals surface area contributed by atoms with Crippen molar-refractivity contribution in [3.63, 3.8) is 0 Å². The van der Waals surface area contributed by atoms with E-state index in [0.717, 1.165) is 0 Å². The Morgan fingerprint density at radius 3 is 2.36 bits per heavy atom. The quantitative estimate of drug-likeness (QED) is 0.569. The zero-order valence-electron chi connectivity index (χ0n) is 7.27. The van der Waals surface area contributed by atoms with Gasteiger partial charge in [0.1, 0.15) is 0 Å². The maximum absolute atomic E-state index is 5.95. The molecule has 1 fully saturated rings. The number of terminal acetylenes is 1. The van der Waals surface area contributed by atoms with Crippen LogP contribution in [0, 0.1) is 18.3 Å². The molecular formula is C10H17N. The van der Waals surface area contributed by atoms with E-state index in [1.165, 1.54) is 32.1 Å². The van der Waals surface area contributed by atoms with Crippen LogP contribution in [0.4, 0.5) is 0 Å². The fraction of sp³-hybridized carbons (Fsp3) is 0.800. The minimum Gasteiger partial charge on any atom is -0.315 e. The molecule has 1 nitrogen and oxygen atoms in total. The number of rotatable bonds is 1. The third-order valence-corrected chi connectivity index (χ3v) is 2.76. The molecule has 1 atom stereocenters. The Kier molecular flexibility index (Phi) is 2.57. The van der Waals surface area contributed by atoms with Crippen LogP contribution in [0.5, 0.6) is 0 Å². The number of nitrogens with two attached hydrogens (primary N) is 1. The average molecular weight is 151 g/mol. The van der Waals surface area contributed by atoms with Gasteiger partial charge in [0.2, 0.25) is 0 Å². The molecule has 1 rings (SSSR count). The first-order valence-electron chi connectivity index (χ1n) is 4.43. The summed E-state index contributed by atoms with van der Waals surface area (Å²) in [6, 6.07) is 0. The maximum Gasteiger partial charge on any atom is 0.0773 e. The lowest BCUT2D eigenvalue weighted by molar-refractivity contribution is 0.272. The molecule has 0 bridgehead atoms. The molecule has 1 saturated carbocycles. The van der Waals surface area contributed by atoms with E-state index in [-0.39, 0.29) is 5.54 Å². The minimum absolute atomic E-state index is 0.361. The fourth-order valence-electron chi connectivity index (χ4n) is 1.82. The van der Waals surface area contributed by atoms with Gasteiger partial charge in [-0.05, 0) is 25.7 Å². The highest BCUT2D eigenvalue weighted by molar-refractivity contribution is 5.11. The monoisotopic (exact) mass is 151 g/mol. The molecule has 0 aliphatic heterocycles. The first-order chi connectivity index (χ1) is 5.17. The molecule has 0 aromatic carbocycles. The van der Waals surface area contributed by atoms with Crippen molar-refractivity contribution in [2.75, 3.05) is 0 Å². The molecule has 1 unspecified atom stereocenters. The second-order valence-corrected chi connectivity index (χ2v) is 3.76. The standard InChI is InChI=1S/C10H17N/c1-3-10(2,11)9-7-5-4-6-8-9/h1,9H,4-8,11H2,2H3. The summed E-state index contributed by atoms with van der Waals surface area (Å²) in [6.45, 7) is 1.98. The van der Waals surface area contributed by atoms with Crippen molar-refractivity contribution >= 4 is 0 Å². The van der Waals surface area contributed by atoms with E-state index in [4.69, 9.17) is 12.2 Å². The molecule has 0 saturated heterocycles. The Labute approximate surface area is 69.4 Å². The third-order valence-electron chi connectivity index (χ3n) is 2.76. The minimum atomic E-state index is -0.361. The van der Waals surface area contributed by atoms with Crippen LogP contribution in [0.2, 0.25) is 0 Å². The van der Waals surface area contributed by atoms with Crippen molar-refractivity contribution in [2.24, 2.45) is 11.7 Å². The lowest BCUT2D eigenvalue weighted by Crippen LogP contribution is -2.43. The van der Waals surface area contributed by atoms with Crippen LogP contribution in [-0.4, -0.2) is 5.54 Å². The molecule has 0 aromatic heterocycles. The maximum atomic E-state index is 5.95. The van der Waals surface area contributed by atoms with Gasteiger partial charge in [0.25, 0.3) is 0 Å². The van der Waals surface area contributed by atoms with E-state index in [1.807, 2.05) is 6.92 Å².